The highest BCUT2D eigenvalue weighted by Crippen LogP contribution is 2.26. The molecule has 2 aromatic rings. The maximum atomic E-state index is 5.74. The number of fused-ring (bicyclic) bond motifs is 1. The van der Waals surface area contributed by atoms with Crippen molar-refractivity contribution in [2.24, 2.45) is 0 Å². The fourth-order valence-corrected chi connectivity index (χ4v) is 3.26. The summed E-state index contributed by atoms with van der Waals surface area (Å²) in [7, 11) is 0. The van der Waals surface area contributed by atoms with E-state index in [4.69, 9.17) is 12.2 Å². The number of para-hydroxylation sites is 1. The van der Waals surface area contributed by atoms with Crippen LogP contribution in [0.15, 0.2) is 35.5 Å². The van der Waals surface area contributed by atoms with Crippen LogP contribution in [0.3, 0.4) is 0 Å². The first-order valence-corrected chi connectivity index (χ1v) is 8.53. The molecule has 1 aliphatic carbocycles. The molecule has 0 saturated heterocycles. The highest BCUT2D eigenvalue weighted by Gasteiger charge is 2.19. The van der Waals surface area contributed by atoms with Crippen molar-refractivity contribution in [3.63, 3.8) is 0 Å². The van der Waals surface area contributed by atoms with E-state index in [2.05, 4.69) is 22.6 Å². The quantitative estimate of drug-likeness (QED) is 0.673. The Kier molecular flexibility index (Phi) is 4.83. The molecule has 3 rings (SSSR count). The van der Waals surface area contributed by atoms with Crippen molar-refractivity contribution >= 4 is 28.2 Å². The molecule has 4 nitrogen and oxygen atoms in total. The van der Waals surface area contributed by atoms with Crippen molar-refractivity contribution in [2.75, 3.05) is 6.54 Å². The third kappa shape index (κ3) is 3.04. The van der Waals surface area contributed by atoms with Crippen molar-refractivity contribution in [3.8, 4) is 0 Å². The maximum absolute atomic E-state index is 5.74. The molecule has 1 aromatic carbocycles. The number of hydrogen-bond acceptors (Lipinski definition) is 4. The number of aromatic nitrogens is 3. The molecule has 0 aliphatic heterocycles. The molecule has 0 unspecified atom stereocenters. The molecular weight excluding hydrogens is 292 g/mol. The van der Waals surface area contributed by atoms with Crippen LogP contribution in [-0.4, -0.2) is 26.5 Å². The van der Waals surface area contributed by atoms with Crippen LogP contribution < -0.4 is 5.32 Å². The molecule has 5 heteroatoms. The van der Waals surface area contributed by atoms with Gasteiger partial charge in [0, 0.05) is 17.8 Å². The van der Waals surface area contributed by atoms with Crippen molar-refractivity contribution in [3.05, 3.63) is 35.5 Å². The Bertz CT molecular complexity index is 702. The molecular formula is C17H22N4S. The van der Waals surface area contributed by atoms with Gasteiger partial charge in [-0.2, -0.15) is 0 Å². The SMILES string of the molecule is CCCCNC1=C(C(=S)n2nnc3ccccc32)CCCC1. The topological polar surface area (TPSA) is 42.7 Å². The van der Waals surface area contributed by atoms with Gasteiger partial charge in [0.25, 0.3) is 0 Å². The Labute approximate surface area is 136 Å². The number of nitrogens with zero attached hydrogens (tertiary/aromatic N) is 3. The second-order valence-electron chi connectivity index (χ2n) is 5.74. The second-order valence-corrected chi connectivity index (χ2v) is 6.13. The van der Waals surface area contributed by atoms with E-state index in [1.165, 1.54) is 37.0 Å². The molecule has 0 spiro atoms. The lowest BCUT2D eigenvalue weighted by Crippen LogP contribution is -2.25. The summed E-state index contributed by atoms with van der Waals surface area (Å²) in [6, 6.07) is 7.97. The number of nitrogens with one attached hydrogen (secondary N) is 1. The van der Waals surface area contributed by atoms with E-state index < -0.39 is 0 Å². The van der Waals surface area contributed by atoms with E-state index in [-0.39, 0.29) is 0 Å². The second kappa shape index (κ2) is 7.01. The molecule has 1 aliphatic rings. The van der Waals surface area contributed by atoms with Crippen LogP contribution in [0, 0.1) is 0 Å². The average molecular weight is 314 g/mol. The van der Waals surface area contributed by atoms with Gasteiger partial charge in [0.05, 0.1) is 5.52 Å². The van der Waals surface area contributed by atoms with Crippen LogP contribution in [0.4, 0.5) is 0 Å². The summed E-state index contributed by atoms with van der Waals surface area (Å²) in [5, 5.41) is 12.1. The first-order chi connectivity index (χ1) is 10.8. The number of allylic oxidation sites excluding steroid dienone is 2. The van der Waals surface area contributed by atoms with Crippen LogP contribution in [-0.2, 0) is 0 Å². The smallest absolute Gasteiger partial charge is 0.135 e. The fourth-order valence-electron chi connectivity index (χ4n) is 2.90. The first kappa shape index (κ1) is 15.2. The molecule has 1 heterocycles. The van der Waals surface area contributed by atoms with Crippen LogP contribution in [0.1, 0.15) is 45.4 Å². The van der Waals surface area contributed by atoms with Gasteiger partial charge < -0.3 is 5.32 Å². The molecule has 0 fully saturated rings. The standard InChI is InChI=1S/C17H22N4S/c1-2-3-12-18-14-9-5-4-8-13(14)17(22)21-16-11-7-6-10-15(16)19-20-21/h6-7,10-11,18H,2-5,8-9,12H2,1H3. The summed E-state index contributed by atoms with van der Waals surface area (Å²) in [4.78, 5) is 0.799. The predicted molar refractivity (Wildman–Crippen MR) is 93.9 cm³/mol. The minimum Gasteiger partial charge on any atom is -0.388 e. The predicted octanol–water partition coefficient (Wildman–Crippen LogP) is 3.82. The molecule has 22 heavy (non-hydrogen) atoms. The normalized spacial score (nSPS) is 15.3. The molecule has 1 N–H and O–H groups in total. The van der Waals surface area contributed by atoms with Gasteiger partial charge in [-0.05, 0) is 44.2 Å². The van der Waals surface area contributed by atoms with Gasteiger partial charge in [-0.15, -0.1) is 5.10 Å². The van der Waals surface area contributed by atoms with Gasteiger partial charge in [-0.25, -0.2) is 4.68 Å². The lowest BCUT2D eigenvalue weighted by atomic mass is 9.96. The zero-order valence-corrected chi connectivity index (χ0v) is 13.8. The van der Waals surface area contributed by atoms with Gasteiger partial charge in [0.15, 0.2) is 0 Å². The number of unbranched alkanes of at least 4 members (excludes halogenated alkanes) is 1. The molecule has 1 aromatic heterocycles. The Morgan fingerprint density at radius 2 is 2.09 bits per heavy atom. The third-order valence-corrected chi connectivity index (χ3v) is 4.56. The highest BCUT2D eigenvalue weighted by molar-refractivity contribution is 7.80. The Hall–Kier alpha value is -1.75. The van der Waals surface area contributed by atoms with Gasteiger partial charge in [-0.3, -0.25) is 0 Å². The highest BCUT2D eigenvalue weighted by atomic mass is 32.1. The minimum atomic E-state index is 0.799. The number of thiocarbonyl (C=S) groups is 1. The molecule has 116 valence electrons. The Morgan fingerprint density at radius 1 is 1.27 bits per heavy atom. The summed E-state index contributed by atoms with van der Waals surface area (Å²) >= 11 is 5.74. The van der Waals surface area contributed by atoms with Crippen LogP contribution in [0.2, 0.25) is 0 Å². The number of rotatable bonds is 5. The van der Waals surface area contributed by atoms with E-state index in [0.717, 1.165) is 35.4 Å². The van der Waals surface area contributed by atoms with Crippen molar-refractivity contribution in [2.45, 2.75) is 45.4 Å². The van der Waals surface area contributed by atoms with Gasteiger partial charge >= 0.3 is 0 Å². The Morgan fingerprint density at radius 3 is 2.95 bits per heavy atom. The lowest BCUT2D eigenvalue weighted by Gasteiger charge is -2.22. The van der Waals surface area contributed by atoms with Crippen molar-refractivity contribution in [1.82, 2.24) is 20.3 Å². The summed E-state index contributed by atoms with van der Waals surface area (Å²) in [6.07, 6.45) is 6.94. The van der Waals surface area contributed by atoms with E-state index in [1.807, 2.05) is 28.9 Å². The number of benzene rings is 1. The molecule has 0 amide bonds. The average Bonchev–Trinajstić information content (AvgIpc) is 2.99. The summed E-state index contributed by atoms with van der Waals surface area (Å²) < 4.78 is 1.81. The number of hydrogen-bond donors (Lipinski definition) is 1. The van der Waals surface area contributed by atoms with E-state index in [9.17, 15) is 0 Å². The molecule has 0 bridgehead atoms. The van der Waals surface area contributed by atoms with Crippen LogP contribution in [0.25, 0.3) is 11.0 Å². The molecule has 0 atom stereocenters. The van der Waals surface area contributed by atoms with E-state index in [1.54, 1.807) is 0 Å². The van der Waals surface area contributed by atoms with E-state index >= 15 is 0 Å². The largest absolute Gasteiger partial charge is 0.388 e. The molecule has 0 saturated carbocycles. The monoisotopic (exact) mass is 314 g/mol. The third-order valence-electron chi connectivity index (χ3n) is 4.14. The maximum Gasteiger partial charge on any atom is 0.135 e. The Balaban J connectivity index is 1.91. The summed E-state index contributed by atoms with van der Waals surface area (Å²) in [5.74, 6) is 0. The zero-order chi connectivity index (χ0) is 15.4. The van der Waals surface area contributed by atoms with Crippen molar-refractivity contribution in [1.29, 1.82) is 0 Å². The first-order valence-electron chi connectivity index (χ1n) is 8.12. The van der Waals surface area contributed by atoms with Crippen LogP contribution >= 0.6 is 12.2 Å². The minimum absolute atomic E-state index is 0.799. The summed E-state index contributed by atoms with van der Waals surface area (Å²) in [5.41, 5.74) is 4.43. The summed E-state index contributed by atoms with van der Waals surface area (Å²) in [6.45, 7) is 3.24. The van der Waals surface area contributed by atoms with Gasteiger partial charge in [-0.1, -0.05) is 42.9 Å². The van der Waals surface area contributed by atoms with Gasteiger partial charge in [0.1, 0.15) is 10.5 Å². The molecule has 0 radical (unpaired) electrons. The van der Waals surface area contributed by atoms with E-state index in [0.29, 0.717) is 0 Å². The van der Waals surface area contributed by atoms with Crippen LogP contribution in [0.5, 0.6) is 0 Å². The van der Waals surface area contributed by atoms with Gasteiger partial charge in [0.2, 0.25) is 0 Å². The van der Waals surface area contributed by atoms with Crippen molar-refractivity contribution < 1.29 is 0 Å². The zero-order valence-electron chi connectivity index (χ0n) is 13.0. The fraction of sp³-hybridized carbons (Fsp3) is 0.471. The lowest BCUT2D eigenvalue weighted by molar-refractivity contribution is 0.611.